The maximum Gasteiger partial charge on any atom is 0.0594 e. The topological polar surface area (TPSA) is 51.0 Å². The van der Waals surface area contributed by atoms with E-state index in [-0.39, 0.29) is 5.54 Å². The van der Waals surface area contributed by atoms with Gasteiger partial charge in [-0.15, -0.1) is 0 Å². The fourth-order valence-corrected chi connectivity index (χ4v) is 3.81. The summed E-state index contributed by atoms with van der Waals surface area (Å²) in [5, 5.41) is 0. The molecule has 0 aromatic heterocycles. The molecule has 110 valence electrons. The molecule has 0 bridgehead atoms. The van der Waals surface area contributed by atoms with Gasteiger partial charge in [0.1, 0.15) is 0 Å². The third-order valence-electron chi connectivity index (χ3n) is 5.20. The average molecular weight is 269 g/mol. The van der Waals surface area contributed by atoms with Gasteiger partial charge in [-0.1, -0.05) is 0 Å². The van der Waals surface area contributed by atoms with E-state index in [2.05, 4.69) is 9.80 Å². The molecular weight excluding hydrogens is 242 g/mol. The SMILES string of the molecule is NCC1(N2CCC(N3CCOCC3)C2)CCOCC1. The van der Waals surface area contributed by atoms with E-state index in [1.807, 2.05) is 0 Å². The first kappa shape index (κ1) is 13.8. The highest BCUT2D eigenvalue weighted by atomic mass is 16.5. The van der Waals surface area contributed by atoms with E-state index < -0.39 is 0 Å². The van der Waals surface area contributed by atoms with E-state index in [0.29, 0.717) is 6.04 Å². The van der Waals surface area contributed by atoms with E-state index in [0.717, 1.165) is 58.9 Å². The van der Waals surface area contributed by atoms with Crippen LogP contribution in [0.15, 0.2) is 0 Å². The number of nitrogens with zero attached hydrogens (tertiary/aromatic N) is 2. The van der Waals surface area contributed by atoms with Crippen molar-refractivity contribution in [3.8, 4) is 0 Å². The summed E-state index contributed by atoms with van der Waals surface area (Å²) in [4.78, 5) is 5.25. The lowest BCUT2D eigenvalue weighted by Crippen LogP contribution is -2.57. The molecule has 1 unspecified atom stereocenters. The monoisotopic (exact) mass is 269 g/mol. The molecule has 3 rings (SSSR count). The maximum absolute atomic E-state index is 6.11. The molecular formula is C14H27N3O2. The third kappa shape index (κ3) is 2.81. The summed E-state index contributed by atoms with van der Waals surface area (Å²) < 4.78 is 11.0. The molecule has 3 saturated heterocycles. The van der Waals surface area contributed by atoms with Crippen LogP contribution < -0.4 is 5.73 Å². The van der Waals surface area contributed by atoms with E-state index >= 15 is 0 Å². The van der Waals surface area contributed by atoms with Crippen molar-refractivity contribution < 1.29 is 9.47 Å². The summed E-state index contributed by atoms with van der Waals surface area (Å²) >= 11 is 0. The molecule has 0 spiro atoms. The minimum atomic E-state index is 0.208. The standard InChI is InChI=1S/C14H27N3O2/c15-12-14(2-7-18-8-3-14)17-4-1-13(11-17)16-5-9-19-10-6-16/h13H,1-12,15H2. The summed E-state index contributed by atoms with van der Waals surface area (Å²) in [6, 6.07) is 0.704. The van der Waals surface area contributed by atoms with Gasteiger partial charge in [0, 0.05) is 57.5 Å². The smallest absolute Gasteiger partial charge is 0.0594 e. The van der Waals surface area contributed by atoms with Crippen molar-refractivity contribution in [3.63, 3.8) is 0 Å². The Kier molecular flexibility index (Phi) is 4.39. The van der Waals surface area contributed by atoms with Crippen molar-refractivity contribution >= 4 is 0 Å². The average Bonchev–Trinajstić information content (AvgIpc) is 2.99. The third-order valence-corrected chi connectivity index (χ3v) is 5.20. The molecule has 19 heavy (non-hydrogen) atoms. The van der Waals surface area contributed by atoms with Crippen molar-refractivity contribution in [3.05, 3.63) is 0 Å². The molecule has 5 nitrogen and oxygen atoms in total. The molecule has 3 fully saturated rings. The van der Waals surface area contributed by atoms with Gasteiger partial charge in [0.05, 0.1) is 13.2 Å². The summed E-state index contributed by atoms with van der Waals surface area (Å²) in [6.07, 6.45) is 3.47. The number of hydrogen-bond acceptors (Lipinski definition) is 5. The molecule has 3 aliphatic heterocycles. The van der Waals surface area contributed by atoms with E-state index in [1.165, 1.54) is 19.5 Å². The Morgan fingerprint density at radius 1 is 1.00 bits per heavy atom. The Labute approximate surface area is 116 Å². The van der Waals surface area contributed by atoms with Gasteiger partial charge < -0.3 is 15.2 Å². The Bertz CT molecular complexity index is 288. The first-order valence-corrected chi connectivity index (χ1v) is 7.69. The van der Waals surface area contributed by atoms with Crippen LogP contribution in [-0.2, 0) is 9.47 Å². The number of morpholine rings is 1. The van der Waals surface area contributed by atoms with E-state index in [1.54, 1.807) is 0 Å². The summed E-state index contributed by atoms with van der Waals surface area (Å²) in [5.74, 6) is 0. The molecule has 2 N–H and O–H groups in total. The van der Waals surface area contributed by atoms with Crippen LogP contribution in [0.4, 0.5) is 0 Å². The zero-order chi connectivity index (χ0) is 13.1. The second kappa shape index (κ2) is 6.06. The lowest BCUT2D eigenvalue weighted by Gasteiger charge is -2.44. The van der Waals surface area contributed by atoms with Gasteiger partial charge in [-0.25, -0.2) is 0 Å². The summed E-state index contributed by atoms with van der Waals surface area (Å²) in [7, 11) is 0. The number of hydrogen-bond donors (Lipinski definition) is 1. The first-order chi connectivity index (χ1) is 9.34. The Hall–Kier alpha value is -0.200. The zero-order valence-corrected chi connectivity index (χ0v) is 11.9. The maximum atomic E-state index is 6.11. The lowest BCUT2D eigenvalue weighted by atomic mass is 9.88. The van der Waals surface area contributed by atoms with Crippen LogP contribution in [0.5, 0.6) is 0 Å². The van der Waals surface area contributed by atoms with Crippen molar-refractivity contribution in [2.75, 3.05) is 59.2 Å². The quantitative estimate of drug-likeness (QED) is 0.775. The Morgan fingerprint density at radius 2 is 1.68 bits per heavy atom. The first-order valence-electron chi connectivity index (χ1n) is 7.69. The predicted molar refractivity (Wildman–Crippen MR) is 74.2 cm³/mol. The van der Waals surface area contributed by atoms with Crippen molar-refractivity contribution in [1.29, 1.82) is 0 Å². The number of nitrogens with two attached hydrogens (primary N) is 1. The summed E-state index contributed by atoms with van der Waals surface area (Å²) in [5.41, 5.74) is 6.32. The van der Waals surface area contributed by atoms with Crippen molar-refractivity contribution in [1.82, 2.24) is 9.80 Å². The number of rotatable bonds is 3. The van der Waals surface area contributed by atoms with Gasteiger partial charge in [0.2, 0.25) is 0 Å². The fraction of sp³-hybridized carbons (Fsp3) is 1.00. The Balaban J connectivity index is 1.60. The summed E-state index contributed by atoms with van der Waals surface area (Å²) in [6.45, 7) is 8.86. The lowest BCUT2D eigenvalue weighted by molar-refractivity contribution is -0.0216. The molecule has 0 aromatic carbocycles. The highest BCUT2D eigenvalue weighted by Crippen LogP contribution is 2.31. The van der Waals surface area contributed by atoms with Crippen LogP contribution in [-0.4, -0.2) is 80.5 Å². The highest BCUT2D eigenvalue weighted by molar-refractivity contribution is 4.99. The van der Waals surface area contributed by atoms with Crippen molar-refractivity contribution in [2.24, 2.45) is 5.73 Å². The number of ether oxygens (including phenoxy) is 2. The van der Waals surface area contributed by atoms with Gasteiger partial charge in [0.25, 0.3) is 0 Å². The van der Waals surface area contributed by atoms with E-state index in [4.69, 9.17) is 15.2 Å². The van der Waals surface area contributed by atoms with E-state index in [9.17, 15) is 0 Å². The minimum absolute atomic E-state index is 0.208. The minimum Gasteiger partial charge on any atom is -0.381 e. The van der Waals surface area contributed by atoms with Crippen LogP contribution in [0.1, 0.15) is 19.3 Å². The fourth-order valence-electron chi connectivity index (χ4n) is 3.81. The molecule has 0 radical (unpaired) electrons. The van der Waals surface area contributed by atoms with Crippen LogP contribution in [0.25, 0.3) is 0 Å². The molecule has 1 atom stereocenters. The molecule has 5 heteroatoms. The van der Waals surface area contributed by atoms with Crippen LogP contribution >= 0.6 is 0 Å². The molecule has 3 aliphatic rings. The molecule has 0 aliphatic carbocycles. The molecule has 3 heterocycles. The van der Waals surface area contributed by atoms with Crippen LogP contribution in [0, 0.1) is 0 Å². The molecule has 0 aromatic rings. The van der Waals surface area contributed by atoms with Gasteiger partial charge in [-0.05, 0) is 19.3 Å². The van der Waals surface area contributed by atoms with Gasteiger partial charge in [-0.3, -0.25) is 9.80 Å². The Morgan fingerprint density at radius 3 is 2.37 bits per heavy atom. The molecule has 0 saturated carbocycles. The highest BCUT2D eigenvalue weighted by Gasteiger charge is 2.42. The number of likely N-dealkylation sites (tertiary alicyclic amines) is 1. The van der Waals surface area contributed by atoms with Crippen LogP contribution in [0.2, 0.25) is 0 Å². The van der Waals surface area contributed by atoms with Gasteiger partial charge in [-0.2, -0.15) is 0 Å². The second-order valence-corrected chi connectivity index (χ2v) is 6.08. The van der Waals surface area contributed by atoms with Gasteiger partial charge in [0.15, 0.2) is 0 Å². The zero-order valence-electron chi connectivity index (χ0n) is 11.9. The van der Waals surface area contributed by atoms with Crippen molar-refractivity contribution in [2.45, 2.75) is 30.8 Å². The van der Waals surface area contributed by atoms with Gasteiger partial charge >= 0.3 is 0 Å². The molecule has 0 amide bonds. The second-order valence-electron chi connectivity index (χ2n) is 6.08. The normalized spacial score (nSPS) is 33.6. The predicted octanol–water partition coefficient (Wildman–Crippen LogP) is -0.0992. The largest absolute Gasteiger partial charge is 0.381 e. The van der Waals surface area contributed by atoms with Crippen LogP contribution in [0.3, 0.4) is 0 Å².